The molecule has 4 nitrogen and oxygen atoms in total. The summed E-state index contributed by atoms with van der Waals surface area (Å²) in [5.41, 5.74) is 1.42. The van der Waals surface area contributed by atoms with Gasteiger partial charge >= 0.3 is 0 Å². The van der Waals surface area contributed by atoms with Gasteiger partial charge in [-0.3, -0.25) is 0 Å². The molecule has 0 saturated carbocycles. The summed E-state index contributed by atoms with van der Waals surface area (Å²) in [6.07, 6.45) is 0. The van der Waals surface area contributed by atoms with Crippen molar-refractivity contribution in [3.05, 3.63) is 120 Å². The monoisotopic (exact) mass is 554 g/mol. The molecule has 0 saturated heterocycles. The fourth-order valence-corrected chi connectivity index (χ4v) is 9.53. The molecule has 2 unspecified atom stereocenters. The first-order valence-corrected chi connectivity index (χ1v) is 16.6. The summed E-state index contributed by atoms with van der Waals surface area (Å²) in [6.45, 7) is 3.41. The van der Waals surface area contributed by atoms with Gasteiger partial charge in [-0.05, 0) is 61.4 Å². The Morgan fingerprint density at radius 1 is 0.472 bits per heavy atom. The number of benzene rings is 4. The Bertz CT molecular complexity index is 1420. The third-order valence-corrected chi connectivity index (χ3v) is 12.8. The van der Waals surface area contributed by atoms with Crippen LogP contribution in [0, 0.1) is 0 Å². The number of hydrogen-bond donors (Lipinski definition) is 0. The van der Waals surface area contributed by atoms with Gasteiger partial charge in [-0.25, -0.2) is 16.8 Å². The van der Waals surface area contributed by atoms with Gasteiger partial charge in [0, 0.05) is 9.79 Å². The Morgan fingerprint density at radius 2 is 0.778 bits per heavy atom. The van der Waals surface area contributed by atoms with Crippen LogP contribution in [0.3, 0.4) is 0 Å². The number of hydrogen-bond acceptors (Lipinski definition) is 6. The highest BCUT2D eigenvalue weighted by molar-refractivity contribution is 8.76. The fraction of sp³-hybridized carbons (Fsp3) is 0.143. The first-order valence-electron chi connectivity index (χ1n) is 11.3. The van der Waals surface area contributed by atoms with E-state index in [4.69, 9.17) is 0 Å². The standard InChI is InChI=1S/C28H26O4S4/c1-21(35(29,30)23-13-5-3-6-14-23)25-17-9-11-19-27(25)33-34-28-20-12-10-18-26(28)22(2)36(31,32)24-15-7-4-8-16-24/h3-22H,1-2H3. The molecule has 8 heteroatoms. The summed E-state index contributed by atoms with van der Waals surface area (Å²) in [6, 6.07) is 31.8. The zero-order valence-electron chi connectivity index (χ0n) is 19.8. The van der Waals surface area contributed by atoms with E-state index in [9.17, 15) is 16.8 Å². The second-order valence-corrected chi connectivity index (χ2v) is 15.0. The van der Waals surface area contributed by atoms with Gasteiger partial charge in [0.1, 0.15) is 0 Å². The van der Waals surface area contributed by atoms with E-state index in [0.717, 1.165) is 9.79 Å². The quantitative estimate of drug-likeness (QED) is 0.199. The summed E-state index contributed by atoms with van der Waals surface area (Å²) in [4.78, 5) is 2.22. The van der Waals surface area contributed by atoms with E-state index < -0.39 is 30.2 Å². The van der Waals surface area contributed by atoms with Crippen molar-refractivity contribution in [2.24, 2.45) is 0 Å². The lowest BCUT2D eigenvalue weighted by Gasteiger charge is -2.19. The predicted molar refractivity (Wildman–Crippen MR) is 149 cm³/mol. The molecule has 0 aliphatic rings. The summed E-state index contributed by atoms with van der Waals surface area (Å²) in [5.74, 6) is 0. The maximum Gasteiger partial charge on any atom is 0.185 e. The SMILES string of the molecule is CC(c1ccccc1SSc1ccccc1C(C)S(=O)(=O)c1ccccc1)S(=O)(=O)c1ccccc1. The smallest absolute Gasteiger partial charge is 0.185 e. The zero-order chi connectivity index (χ0) is 25.8. The minimum Gasteiger partial charge on any atom is -0.223 e. The van der Waals surface area contributed by atoms with Crippen molar-refractivity contribution in [2.45, 2.75) is 43.9 Å². The molecule has 4 rings (SSSR count). The van der Waals surface area contributed by atoms with Gasteiger partial charge in [0.25, 0.3) is 0 Å². The minimum atomic E-state index is -3.57. The fourth-order valence-electron chi connectivity index (χ4n) is 3.84. The van der Waals surface area contributed by atoms with Crippen molar-refractivity contribution < 1.29 is 16.8 Å². The van der Waals surface area contributed by atoms with Crippen molar-refractivity contribution in [3.8, 4) is 0 Å². The Kier molecular flexibility index (Phi) is 8.30. The minimum absolute atomic E-state index is 0.287. The van der Waals surface area contributed by atoms with E-state index in [-0.39, 0.29) is 9.79 Å². The Labute approximate surface area is 221 Å². The second kappa shape index (κ2) is 11.3. The molecule has 0 aliphatic heterocycles. The van der Waals surface area contributed by atoms with Crippen LogP contribution in [0.4, 0.5) is 0 Å². The zero-order valence-corrected chi connectivity index (χ0v) is 23.1. The molecule has 0 heterocycles. The van der Waals surface area contributed by atoms with E-state index in [0.29, 0.717) is 11.1 Å². The van der Waals surface area contributed by atoms with Crippen LogP contribution in [0.2, 0.25) is 0 Å². The first-order chi connectivity index (χ1) is 17.2. The van der Waals surface area contributed by atoms with Gasteiger partial charge in [-0.2, -0.15) is 0 Å². The number of sulfone groups is 2. The second-order valence-electron chi connectivity index (χ2n) is 8.24. The highest BCUT2D eigenvalue weighted by Gasteiger charge is 2.28. The van der Waals surface area contributed by atoms with Gasteiger partial charge in [0.05, 0.1) is 20.3 Å². The highest BCUT2D eigenvalue weighted by Crippen LogP contribution is 2.45. The van der Waals surface area contributed by atoms with E-state index >= 15 is 0 Å². The lowest BCUT2D eigenvalue weighted by atomic mass is 10.2. The first kappa shape index (κ1) is 26.5. The topological polar surface area (TPSA) is 68.3 Å². The largest absolute Gasteiger partial charge is 0.223 e. The summed E-state index contributed by atoms with van der Waals surface area (Å²) < 4.78 is 53.1. The van der Waals surface area contributed by atoms with Crippen LogP contribution in [0.25, 0.3) is 0 Å². The molecule has 186 valence electrons. The lowest BCUT2D eigenvalue weighted by Crippen LogP contribution is -2.11. The summed E-state index contributed by atoms with van der Waals surface area (Å²) in [5, 5.41) is -1.48. The highest BCUT2D eigenvalue weighted by atomic mass is 33.1. The van der Waals surface area contributed by atoms with Crippen molar-refractivity contribution in [2.75, 3.05) is 0 Å². The van der Waals surface area contributed by atoms with E-state index in [1.54, 1.807) is 74.5 Å². The Hall–Kier alpha value is -2.52. The predicted octanol–water partition coefficient (Wildman–Crippen LogP) is 7.56. The maximum absolute atomic E-state index is 13.3. The number of rotatable bonds is 9. The van der Waals surface area contributed by atoms with Crippen LogP contribution in [-0.2, 0) is 19.7 Å². The van der Waals surface area contributed by atoms with Gasteiger partial charge in [-0.1, -0.05) is 94.4 Å². The van der Waals surface area contributed by atoms with Crippen LogP contribution in [-0.4, -0.2) is 16.8 Å². The van der Waals surface area contributed by atoms with Crippen molar-refractivity contribution in [1.82, 2.24) is 0 Å². The molecule has 0 spiro atoms. The van der Waals surface area contributed by atoms with E-state index in [1.165, 1.54) is 21.6 Å². The molecule has 36 heavy (non-hydrogen) atoms. The lowest BCUT2D eigenvalue weighted by molar-refractivity contribution is 0.584. The van der Waals surface area contributed by atoms with Gasteiger partial charge in [-0.15, -0.1) is 0 Å². The molecular formula is C28H26O4S4. The third kappa shape index (κ3) is 5.57. The van der Waals surface area contributed by atoms with Crippen LogP contribution in [0.1, 0.15) is 35.5 Å². The van der Waals surface area contributed by atoms with Gasteiger partial charge in [0.15, 0.2) is 19.7 Å². The molecule has 4 aromatic rings. The molecule has 0 aliphatic carbocycles. The normalized spacial score (nSPS) is 13.7. The van der Waals surface area contributed by atoms with E-state index in [1.807, 2.05) is 48.5 Å². The van der Waals surface area contributed by atoms with E-state index in [2.05, 4.69) is 0 Å². The molecule has 0 N–H and O–H groups in total. The Morgan fingerprint density at radius 3 is 1.14 bits per heavy atom. The molecule has 2 atom stereocenters. The van der Waals surface area contributed by atoms with Crippen LogP contribution >= 0.6 is 21.6 Å². The molecule has 0 radical (unpaired) electrons. The molecule has 4 aromatic carbocycles. The van der Waals surface area contributed by atoms with Crippen LogP contribution in [0.5, 0.6) is 0 Å². The molecule has 0 fully saturated rings. The van der Waals surface area contributed by atoms with Crippen molar-refractivity contribution >= 4 is 41.3 Å². The van der Waals surface area contributed by atoms with Gasteiger partial charge in [0.2, 0.25) is 0 Å². The molecule has 0 aromatic heterocycles. The molecular weight excluding hydrogens is 529 g/mol. The van der Waals surface area contributed by atoms with Gasteiger partial charge < -0.3 is 0 Å². The van der Waals surface area contributed by atoms with Crippen molar-refractivity contribution in [1.29, 1.82) is 0 Å². The third-order valence-electron chi connectivity index (χ3n) is 6.01. The Balaban J connectivity index is 1.61. The summed E-state index contributed by atoms with van der Waals surface area (Å²) >= 11 is 0. The molecule has 0 amide bonds. The van der Waals surface area contributed by atoms with Crippen molar-refractivity contribution in [3.63, 3.8) is 0 Å². The van der Waals surface area contributed by atoms with Crippen LogP contribution < -0.4 is 0 Å². The average molecular weight is 555 g/mol. The molecule has 0 bridgehead atoms. The summed E-state index contributed by atoms with van der Waals surface area (Å²) in [7, 11) is -4.27. The maximum atomic E-state index is 13.3. The van der Waals surface area contributed by atoms with Crippen LogP contribution in [0.15, 0.2) is 129 Å². The average Bonchev–Trinajstić information content (AvgIpc) is 2.92.